The van der Waals surface area contributed by atoms with Crippen LogP contribution >= 0.6 is 0 Å². The highest BCUT2D eigenvalue weighted by molar-refractivity contribution is 7.89. The Kier molecular flexibility index (Phi) is 4.95. The molecule has 6 heteroatoms. The van der Waals surface area contributed by atoms with E-state index in [1.54, 1.807) is 12.1 Å². The second-order valence-electron chi connectivity index (χ2n) is 7.76. The predicted octanol–water partition coefficient (Wildman–Crippen LogP) is 2.52. The lowest BCUT2D eigenvalue weighted by atomic mass is 9.71. The molecule has 0 bridgehead atoms. The SMILES string of the molecule is CCc1ccc(S(=O)(=O)N2CCC3(CC2)CN(CC(C)C)C3=O)cc1. The van der Waals surface area contributed by atoms with E-state index in [9.17, 15) is 13.2 Å². The van der Waals surface area contributed by atoms with Crippen molar-refractivity contribution in [2.75, 3.05) is 26.2 Å². The number of carbonyl (C=O) groups is 1. The van der Waals surface area contributed by atoms with Gasteiger partial charge in [-0.3, -0.25) is 4.79 Å². The zero-order chi connectivity index (χ0) is 18.2. The summed E-state index contributed by atoms with van der Waals surface area (Å²) in [6, 6.07) is 7.13. The van der Waals surface area contributed by atoms with E-state index in [1.165, 1.54) is 4.31 Å². The van der Waals surface area contributed by atoms with Gasteiger partial charge in [-0.15, -0.1) is 0 Å². The first-order valence-electron chi connectivity index (χ1n) is 9.17. The lowest BCUT2D eigenvalue weighted by Crippen LogP contribution is -2.65. The molecule has 1 spiro atoms. The maximum Gasteiger partial charge on any atom is 0.243 e. The molecule has 2 aliphatic heterocycles. The van der Waals surface area contributed by atoms with Gasteiger partial charge in [0.25, 0.3) is 0 Å². The van der Waals surface area contributed by atoms with Crippen molar-refractivity contribution in [3.8, 4) is 0 Å². The van der Waals surface area contributed by atoms with Gasteiger partial charge in [-0.05, 0) is 42.9 Å². The number of amides is 1. The van der Waals surface area contributed by atoms with Crippen LogP contribution in [0, 0.1) is 11.3 Å². The Morgan fingerprint density at radius 3 is 2.20 bits per heavy atom. The summed E-state index contributed by atoms with van der Waals surface area (Å²) in [6.45, 7) is 8.70. The number of hydrogen-bond donors (Lipinski definition) is 0. The number of β-lactam (4-membered cyclic amide) rings is 1. The Hall–Kier alpha value is -1.40. The van der Waals surface area contributed by atoms with E-state index in [4.69, 9.17) is 0 Å². The minimum absolute atomic E-state index is 0.213. The third kappa shape index (κ3) is 3.34. The van der Waals surface area contributed by atoms with Crippen LogP contribution in [-0.4, -0.2) is 49.7 Å². The predicted molar refractivity (Wildman–Crippen MR) is 97.7 cm³/mol. The summed E-state index contributed by atoms with van der Waals surface area (Å²) in [5, 5.41) is 0. The largest absolute Gasteiger partial charge is 0.341 e. The maximum atomic E-state index is 12.8. The average molecular weight is 365 g/mol. The Morgan fingerprint density at radius 1 is 1.12 bits per heavy atom. The van der Waals surface area contributed by atoms with Crippen molar-refractivity contribution in [1.82, 2.24) is 9.21 Å². The molecule has 1 aromatic carbocycles. The number of rotatable bonds is 5. The van der Waals surface area contributed by atoms with Crippen LogP contribution in [0.3, 0.4) is 0 Å². The summed E-state index contributed by atoms with van der Waals surface area (Å²) < 4.78 is 27.2. The quantitative estimate of drug-likeness (QED) is 0.755. The molecule has 2 saturated heterocycles. The van der Waals surface area contributed by atoms with Gasteiger partial charge >= 0.3 is 0 Å². The molecule has 5 nitrogen and oxygen atoms in total. The van der Waals surface area contributed by atoms with E-state index < -0.39 is 10.0 Å². The van der Waals surface area contributed by atoms with Crippen LogP contribution in [0.25, 0.3) is 0 Å². The number of hydrogen-bond acceptors (Lipinski definition) is 3. The van der Waals surface area contributed by atoms with Crippen LogP contribution in [-0.2, 0) is 21.2 Å². The summed E-state index contributed by atoms with van der Waals surface area (Å²) >= 11 is 0. The van der Waals surface area contributed by atoms with Crippen LogP contribution in [0.5, 0.6) is 0 Å². The second kappa shape index (κ2) is 6.72. The Bertz CT molecular complexity index is 732. The highest BCUT2D eigenvalue weighted by Gasteiger charge is 2.53. The lowest BCUT2D eigenvalue weighted by molar-refractivity contribution is -0.165. The molecule has 3 rings (SSSR count). The first-order valence-corrected chi connectivity index (χ1v) is 10.6. The molecule has 0 atom stereocenters. The van der Waals surface area contributed by atoms with Gasteiger partial charge in [-0.2, -0.15) is 4.31 Å². The third-order valence-corrected chi connectivity index (χ3v) is 7.38. The number of likely N-dealkylation sites (tertiary alicyclic amines) is 1. The van der Waals surface area contributed by atoms with Crippen molar-refractivity contribution in [3.63, 3.8) is 0 Å². The van der Waals surface area contributed by atoms with Crippen molar-refractivity contribution >= 4 is 15.9 Å². The molecule has 0 saturated carbocycles. The van der Waals surface area contributed by atoms with Crippen LogP contribution in [0.15, 0.2) is 29.2 Å². The Balaban J connectivity index is 1.65. The smallest absolute Gasteiger partial charge is 0.243 e. The van der Waals surface area contributed by atoms with Crippen molar-refractivity contribution < 1.29 is 13.2 Å². The van der Waals surface area contributed by atoms with Crippen LogP contribution in [0.4, 0.5) is 0 Å². The number of carbonyl (C=O) groups excluding carboxylic acids is 1. The zero-order valence-electron chi connectivity index (χ0n) is 15.4. The summed E-state index contributed by atoms with van der Waals surface area (Å²) in [5.41, 5.74) is 0.814. The van der Waals surface area contributed by atoms with Crippen LogP contribution in [0.1, 0.15) is 39.2 Å². The molecular formula is C19H28N2O3S. The molecular weight excluding hydrogens is 336 g/mol. The highest BCUT2D eigenvalue weighted by Crippen LogP contribution is 2.42. The standard InChI is InChI=1S/C19H28N2O3S/c1-4-16-5-7-17(8-6-16)25(23,24)21-11-9-19(10-12-21)14-20(18(19)22)13-15(2)3/h5-8,15H,4,9-14H2,1-3H3. The molecule has 1 aromatic rings. The Labute approximate surface area is 151 Å². The van der Waals surface area contributed by atoms with E-state index in [0.717, 1.165) is 25.1 Å². The highest BCUT2D eigenvalue weighted by atomic mass is 32.2. The van der Waals surface area contributed by atoms with Gasteiger partial charge in [0.05, 0.1) is 10.3 Å². The lowest BCUT2D eigenvalue weighted by Gasteiger charge is -2.52. The molecule has 0 unspecified atom stereocenters. The molecule has 2 fully saturated rings. The van der Waals surface area contributed by atoms with E-state index in [-0.39, 0.29) is 11.3 Å². The number of aryl methyl sites for hydroxylation is 1. The molecule has 25 heavy (non-hydrogen) atoms. The molecule has 2 aliphatic rings. The summed E-state index contributed by atoms with van der Waals surface area (Å²) in [7, 11) is -3.46. The first kappa shape index (κ1) is 18.4. The van der Waals surface area contributed by atoms with Gasteiger partial charge in [-0.25, -0.2) is 8.42 Å². The maximum absolute atomic E-state index is 12.8. The van der Waals surface area contributed by atoms with Crippen molar-refractivity contribution in [2.24, 2.45) is 11.3 Å². The fourth-order valence-corrected chi connectivity index (χ4v) is 5.35. The van der Waals surface area contributed by atoms with Gasteiger partial charge in [0.15, 0.2) is 0 Å². The monoisotopic (exact) mass is 364 g/mol. The van der Waals surface area contributed by atoms with Gasteiger partial charge in [-0.1, -0.05) is 32.9 Å². The van der Waals surface area contributed by atoms with E-state index in [1.807, 2.05) is 24.0 Å². The fourth-order valence-electron chi connectivity index (χ4n) is 3.91. The van der Waals surface area contributed by atoms with E-state index in [0.29, 0.717) is 36.7 Å². The molecule has 1 amide bonds. The van der Waals surface area contributed by atoms with Gasteiger partial charge in [0.1, 0.15) is 0 Å². The van der Waals surface area contributed by atoms with Crippen molar-refractivity contribution in [2.45, 2.75) is 44.9 Å². The summed E-state index contributed by atoms with van der Waals surface area (Å²) in [6.07, 6.45) is 2.15. The summed E-state index contributed by atoms with van der Waals surface area (Å²) in [5.74, 6) is 0.679. The van der Waals surface area contributed by atoms with Crippen LogP contribution in [0.2, 0.25) is 0 Å². The minimum Gasteiger partial charge on any atom is -0.341 e. The van der Waals surface area contributed by atoms with Crippen LogP contribution < -0.4 is 0 Å². The molecule has 0 aliphatic carbocycles. The molecule has 0 aromatic heterocycles. The summed E-state index contributed by atoms with van der Waals surface area (Å²) in [4.78, 5) is 14.8. The number of nitrogens with zero attached hydrogens (tertiary/aromatic N) is 2. The zero-order valence-corrected chi connectivity index (χ0v) is 16.2. The van der Waals surface area contributed by atoms with Gasteiger partial charge < -0.3 is 4.90 Å². The fraction of sp³-hybridized carbons (Fsp3) is 0.632. The molecule has 0 N–H and O–H groups in total. The minimum atomic E-state index is -3.46. The first-order chi connectivity index (χ1) is 11.8. The normalized spacial score (nSPS) is 21.0. The molecule has 2 heterocycles. The number of piperidine rings is 1. The van der Waals surface area contributed by atoms with Crippen molar-refractivity contribution in [3.05, 3.63) is 29.8 Å². The van der Waals surface area contributed by atoms with E-state index in [2.05, 4.69) is 13.8 Å². The molecule has 0 radical (unpaired) electrons. The average Bonchev–Trinajstić information content (AvgIpc) is 2.61. The van der Waals surface area contributed by atoms with Gasteiger partial charge in [0, 0.05) is 26.2 Å². The third-order valence-electron chi connectivity index (χ3n) is 5.47. The Morgan fingerprint density at radius 2 is 1.72 bits per heavy atom. The van der Waals surface area contributed by atoms with Gasteiger partial charge in [0.2, 0.25) is 15.9 Å². The topological polar surface area (TPSA) is 57.7 Å². The number of benzene rings is 1. The number of sulfonamides is 1. The van der Waals surface area contributed by atoms with E-state index >= 15 is 0 Å². The second-order valence-corrected chi connectivity index (χ2v) is 9.70. The molecule has 138 valence electrons. The van der Waals surface area contributed by atoms with Crippen molar-refractivity contribution in [1.29, 1.82) is 0 Å².